The largest absolute Gasteiger partial charge is 0.470 e. The van der Waals surface area contributed by atoms with Crippen LogP contribution < -0.4 is 15.4 Å². The molecule has 2 amide bonds. The summed E-state index contributed by atoms with van der Waals surface area (Å²) in [7, 11) is 0. The van der Waals surface area contributed by atoms with Gasteiger partial charge in [-0.3, -0.25) is 10.4 Å². The van der Waals surface area contributed by atoms with Crippen LogP contribution in [0.2, 0.25) is 0 Å². The van der Waals surface area contributed by atoms with Crippen molar-refractivity contribution in [3.8, 4) is 5.88 Å². The van der Waals surface area contributed by atoms with Crippen molar-refractivity contribution in [2.24, 2.45) is 0 Å². The Kier molecular flexibility index (Phi) is 5.99. The Morgan fingerprint density at radius 2 is 2.00 bits per heavy atom. The highest BCUT2D eigenvalue weighted by Gasteiger charge is 2.41. The number of hydrogen-bond donors (Lipinski definition) is 4. The molecule has 2 heterocycles. The SMILES string of the molecule is O=C(Nc1cc2[nH]nc(OCC(F)F)c2cn1)N[C@@H](c1ccccc1)C1(O)CCCC1. The van der Waals surface area contributed by atoms with Crippen LogP contribution in [-0.2, 0) is 0 Å². The van der Waals surface area contributed by atoms with E-state index in [1.54, 1.807) is 0 Å². The predicted octanol–water partition coefficient (Wildman–Crippen LogP) is 3.77. The van der Waals surface area contributed by atoms with Gasteiger partial charge in [-0.25, -0.2) is 18.6 Å². The van der Waals surface area contributed by atoms with Crippen molar-refractivity contribution in [1.82, 2.24) is 20.5 Å². The van der Waals surface area contributed by atoms with E-state index < -0.39 is 30.7 Å². The molecule has 1 aliphatic carbocycles. The summed E-state index contributed by atoms with van der Waals surface area (Å²) in [5.41, 5.74) is 0.277. The Morgan fingerprint density at radius 3 is 2.71 bits per heavy atom. The Balaban J connectivity index is 1.48. The van der Waals surface area contributed by atoms with Crippen LogP contribution in [0.25, 0.3) is 10.9 Å². The number of nitrogens with zero attached hydrogens (tertiary/aromatic N) is 2. The Hall–Kier alpha value is -3.27. The van der Waals surface area contributed by atoms with Gasteiger partial charge in [0.05, 0.1) is 22.5 Å². The average Bonchev–Trinajstić information content (AvgIpc) is 3.37. The van der Waals surface area contributed by atoms with E-state index in [9.17, 15) is 18.7 Å². The van der Waals surface area contributed by atoms with E-state index in [4.69, 9.17) is 4.74 Å². The van der Waals surface area contributed by atoms with Gasteiger partial charge in [0.1, 0.15) is 5.82 Å². The lowest BCUT2D eigenvalue weighted by Gasteiger charge is -2.33. The van der Waals surface area contributed by atoms with E-state index in [0.29, 0.717) is 23.7 Å². The Labute approximate surface area is 177 Å². The second-order valence-electron chi connectivity index (χ2n) is 7.60. The van der Waals surface area contributed by atoms with Crippen LogP contribution in [0.15, 0.2) is 42.6 Å². The molecule has 0 saturated heterocycles. The van der Waals surface area contributed by atoms with Gasteiger partial charge in [-0.2, -0.15) is 0 Å². The van der Waals surface area contributed by atoms with E-state index >= 15 is 0 Å². The lowest BCUT2D eigenvalue weighted by Crippen LogP contribution is -2.45. The molecule has 4 rings (SSSR count). The lowest BCUT2D eigenvalue weighted by molar-refractivity contribution is 0.0113. The molecule has 2 aromatic heterocycles. The van der Waals surface area contributed by atoms with Crippen molar-refractivity contribution >= 4 is 22.8 Å². The number of H-pyrrole nitrogens is 1. The molecule has 1 aliphatic rings. The van der Waals surface area contributed by atoms with Gasteiger partial charge < -0.3 is 15.2 Å². The molecule has 1 atom stereocenters. The maximum atomic E-state index is 12.7. The fourth-order valence-corrected chi connectivity index (χ4v) is 3.94. The summed E-state index contributed by atoms with van der Waals surface area (Å²) in [5.74, 6) is 0.255. The number of carbonyl (C=O) groups is 1. The standard InChI is InChI=1S/C21H23F2N5O3/c22-16(23)12-31-19-14-11-24-17(10-15(14)27-28-19)25-20(29)26-18(13-6-2-1-3-7-13)21(30)8-4-5-9-21/h1-3,6-7,10-11,16,18,30H,4-5,8-9,12H2,(H,27,28)(H2,24,25,26,29)/t18-/m0/s1. The number of anilines is 1. The van der Waals surface area contributed by atoms with Crippen molar-refractivity contribution in [3.63, 3.8) is 0 Å². The number of benzene rings is 1. The number of hydrogen-bond acceptors (Lipinski definition) is 5. The van der Waals surface area contributed by atoms with Gasteiger partial charge in [0, 0.05) is 12.3 Å². The first-order valence-corrected chi connectivity index (χ1v) is 10.0. The number of aliphatic hydroxyl groups is 1. The molecule has 31 heavy (non-hydrogen) atoms. The van der Waals surface area contributed by atoms with Crippen molar-refractivity contribution in [2.75, 3.05) is 11.9 Å². The van der Waals surface area contributed by atoms with E-state index in [-0.39, 0.29) is 11.7 Å². The maximum absolute atomic E-state index is 12.7. The molecule has 164 valence electrons. The molecule has 0 aliphatic heterocycles. The molecular formula is C21H23F2N5O3. The van der Waals surface area contributed by atoms with Crippen molar-refractivity contribution < 1.29 is 23.4 Å². The van der Waals surface area contributed by atoms with Crippen LogP contribution in [-0.4, -0.2) is 45.0 Å². The quantitative estimate of drug-likeness (QED) is 0.455. The molecule has 0 unspecified atom stereocenters. The summed E-state index contributed by atoms with van der Waals surface area (Å²) < 4.78 is 29.7. The van der Waals surface area contributed by atoms with Crippen LogP contribution in [0, 0.1) is 0 Å². The summed E-state index contributed by atoms with van der Waals surface area (Å²) in [6.07, 6.45) is 1.78. The average molecular weight is 431 g/mol. The first-order valence-electron chi connectivity index (χ1n) is 10.0. The van der Waals surface area contributed by atoms with Gasteiger partial charge in [0.2, 0.25) is 5.88 Å². The number of urea groups is 1. The minimum atomic E-state index is -2.61. The van der Waals surface area contributed by atoms with Gasteiger partial charge in [0.25, 0.3) is 6.43 Å². The van der Waals surface area contributed by atoms with E-state index in [0.717, 1.165) is 18.4 Å². The number of carbonyl (C=O) groups excluding carboxylic acids is 1. The van der Waals surface area contributed by atoms with Gasteiger partial charge in [-0.1, -0.05) is 43.2 Å². The molecule has 0 radical (unpaired) electrons. The van der Waals surface area contributed by atoms with Crippen molar-refractivity contribution in [1.29, 1.82) is 0 Å². The number of fused-ring (bicyclic) bond motifs is 1. The molecule has 1 fully saturated rings. The van der Waals surface area contributed by atoms with Gasteiger partial charge >= 0.3 is 6.03 Å². The number of alkyl halides is 2. The third-order valence-electron chi connectivity index (χ3n) is 5.41. The first-order chi connectivity index (χ1) is 14.9. The molecule has 8 nitrogen and oxygen atoms in total. The van der Waals surface area contributed by atoms with Crippen LogP contribution in [0.1, 0.15) is 37.3 Å². The second-order valence-corrected chi connectivity index (χ2v) is 7.60. The molecule has 0 spiro atoms. The molecule has 3 aromatic rings. The lowest BCUT2D eigenvalue weighted by atomic mass is 9.87. The molecule has 10 heteroatoms. The monoisotopic (exact) mass is 431 g/mol. The zero-order chi connectivity index (χ0) is 21.8. The zero-order valence-corrected chi connectivity index (χ0v) is 16.6. The zero-order valence-electron chi connectivity index (χ0n) is 16.6. The number of amides is 2. The van der Waals surface area contributed by atoms with Crippen LogP contribution in [0.3, 0.4) is 0 Å². The molecule has 0 bridgehead atoms. The highest BCUT2D eigenvalue weighted by Crippen LogP contribution is 2.39. The highest BCUT2D eigenvalue weighted by atomic mass is 19.3. The van der Waals surface area contributed by atoms with Gasteiger partial charge in [0.15, 0.2) is 6.61 Å². The van der Waals surface area contributed by atoms with E-state index in [1.165, 1.54) is 12.3 Å². The Bertz CT molecular complexity index is 1040. The third-order valence-corrected chi connectivity index (χ3v) is 5.41. The topological polar surface area (TPSA) is 112 Å². The normalized spacial score (nSPS) is 16.4. The van der Waals surface area contributed by atoms with Gasteiger partial charge in [-0.05, 0) is 18.4 Å². The third kappa shape index (κ3) is 4.74. The van der Waals surface area contributed by atoms with Gasteiger partial charge in [-0.15, -0.1) is 5.10 Å². The van der Waals surface area contributed by atoms with Crippen LogP contribution in [0.5, 0.6) is 5.88 Å². The fraction of sp³-hybridized carbons (Fsp3) is 0.381. The summed E-state index contributed by atoms with van der Waals surface area (Å²) in [6, 6.07) is 9.79. The van der Waals surface area contributed by atoms with E-state index in [2.05, 4.69) is 25.8 Å². The number of aromatic amines is 1. The van der Waals surface area contributed by atoms with Crippen LogP contribution in [0.4, 0.5) is 19.4 Å². The Morgan fingerprint density at radius 1 is 1.26 bits per heavy atom. The minimum absolute atomic E-state index is 0.0198. The van der Waals surface area contributed by atoms with Crippen molar-refractivity contribution in [3.05, 3.63) is 48.2 Å². The summed E-state index contributed by atoms with van der Waals surface area (Å²) >= 11 is 0. The summed E-state index contributed by atoms with van der Waals surface area (Å²) in [4.78, 5) is 16.8. The highest BCUT2D eigenvalue weighted by molar-refractivity contribution is 5.92. The number of ether oxygens (including phenoxy) is 1. The minimum Gasteiger partial charge on any atom is -0.470 e. The maximum Gasteiger partial charge on any atom is 0.320 e. The number of pyridine rings is 1. The first kappa shape index (κ1) is 21.0. The second kappa shape index (κ2) is 8.84. The molecule has 1 aromatic carbocycles. The number of halogens is 2. The summed E-state index contributed by atoms with van der Waals surface area (Å²) in [6.45, 7) is -0.772. The fourth-order valence-electron chi connectivity index (χ4n) is 3.94. The van der Waals surface area contributed by atoms with E-state index in [1.807, 2.05) is 30.3 Å². The number of nitrogens with one attached hydrogen (secondary N) is 3. The predicted molar refractivity (Wildman–Crippen MR) is 110 cm³/mol. The number of aromatic nitrogens is 3. The molecule has 4 N–H and O–H groups in total. The molecular weight excluding hydrogens is 408 g/mol. The van der Waals surface area contributed by atoms with Crippen molar-refractivity contribution in [2.45, 2.75) is 43.8 Å². The van der Waals surface area contributed by atoms with Crippen LogP contribution >= 0.6 is 0 Å². The summed E-state index contributed by atoms with van der Waals surface area (Å²) in [5, 5.41) is 23.6. The number of rotatable bonds is 7. The smallest absolute Gasteiger partial charge is 0.320 e. The molecule has 1 saturated carbocycles.